The van der Waals surface area contributed by atoms with Crippen LogP contribution in [0.1, 0.15) is 35.2 Å². The fourth-order valence-corrected chi connectivity index (χ4v) is 2.08. The summed E-state index contributed by atoms with van der Waals surface area (Å²) in [5.41, 5.74) is 3.18. The highest BCUT2D eigenvalue weighted by molar-refractivity contribution is 5.09. The predicted molar refractivity (Wildman–Crippen MR) is 65.9 cm³/mol. The van der Waals surface area contributed by atoms with Gasteiger partial charge in [-0.2, -0.15) is 10.2 Å². The molecule has 0 radical (unpaired) electrons. The van der Waals surface area contributed by atoms with E-state index in [1.54, 1.807) is 0 Å². The number of aliphatic hydroxyl groups is 2. The van der Waals surface area contributed by atoms with Crippen molar-refractivity contribution >= 4 is 0 Å². The number of aliphatic hydroxyl groups excluding tert-OH is 2. The molecule has 0 aliphatic heterocycles. The quantitative estimate of drug-likeness (QED) is 0.852. The van der Waals surface area contributed by atoms with Crippen LogP contribution in [0.3, 0.4) is 0 Å². The maximum Gasteiger partial charge on any atom is 0.194 e. The summed E-state index contributed by atoms with van der Waals surface area (Å²) in [6, 6.07) is 3.69. The van der Waals surface area contributed by atoms with Crippen LogP contribution in [0.25, 0.3) is 0 Å². The molecular weight excluding hydrogens is 232 g/mol. The normalized spacial score (nSPS) is 14.8. The third-order valence-corrected chi connectivity index (χ3v) is 2.86. The van der Waals surface area contributed by atoms with Crippen LogP contribution >= 0.6 is 0 Å². The summed E-state index contributed by atoms with van der Waals surface area (Å²) in [7, 11) is 0. The van der Waals surface area contributed by atoms with Gasteiger partial charge in [0.05, 0.1) is 11.4 Å². The summed E-state index contributed by atoms with van der Waals surface area (Å²) < 4.78 is 2.80. The maximum atomic E-state index is 10.2. The summed E-state index contributed by atoms with van der Waals surface area (Å²) in [4.78, 5) is 0. The zero-order valence-corrected chi connectivity index (χ0v) is 11.0. The molecule has 2 aromatic heterocycles. The van der Waals surface area contributed by atoms with E-state index in [1.807, 2.05) is 39.8 Å². The molecule has 0 bridgehead atoms. The molecule has 2 atom stereocenters. The first-order valence-corrected chi connectivity index (χ1v) is 5.82. The fraction of sp³-hybridized carbons (Fsp3) is 0.500. The third kappa shape index (κ3) is 2.16. The van der Waals surface area contributed by atoms with E-state index in [1.165, 1.54) is 9.36 Å². The first-order valence-electron chi connectivity index (χ1n) is 5.82. The van der Waals surface area contributed by atoms with Gasteiger partial charge in [-0.05, 0) is 39.8 Å². The molecule has 2 heterocycles. The van der Waals surface area contributed by atoms with Gasteiger partial charge in [-0.3, -0.25) is 0 Å². The van der Waals surface area contributed by atoms with Crippen LogP contribution in [0.2, 0.25) is 0 Å². The Hall–Kier alpha value is -1.66. The molecule has 0 spiro atoms. The van der Waals surface area contributed by atoms with Gasteiger partial charge in [-0.25, -0.2) is 9.36 Å². The minimum atomic E-state index is -1.16. The van der Waals surface area contributed by atoms with E-state index in [2.05, 4.69) is 10.2 Å². The van der Waals surface area contributed by atoms with E-state index in [4.69, 9.17) is 0 Å². The molecule has 0 unspecified atom stereocenters. The number of rotatable bonds is 3. The summed E-state index contributed by atoms with van der Waals surface area (Å²) in [6.45, 7) is 7.34. The number of aromatic nitrogens is 4. The van der Waals surface area contributed by atoms with Crippen molar-refractivity contribution in [1.82, 2.24) is 19.6 Å². The van der Waals surface area contributed by atoms with Gasteiger partial charge in [-0.1, -0.05) is 0 Å². The van der Waals surface area contributed by atoms with Crippen molar-refractivity contribution in [3.05, 3.63) is 34.9 Å². The average molecular weight is 250 g/mol. The minimum Gasteiger partial charge on any atom is -0.368 e. The van der Waals surface area contributed by atoms with Gasteiger partial charge in [0.15, 0.2) is 12.5 Å². The van der Waals surface area contributed by atoms with Crippen molar-refractivity contribution in [3.63, 3.8) is 0 Å². The number of nitrogens with zero attached hydrogens (tertiary/aromatic N) is 4. The van der Waals surface area contributed by atoms with Crippen LogP contribution in [-0.4, -0.2) is 29.8 Å². The molecule has 0 aromatic carbocycles. The van der Waals surface area contributed by atoms with Crippen molar-refractivity contribution < 1.29 is 10.2 Å². The number of hydrogen-bond acceptors (Lipinski definition) is 4. The van der Waals surface area contributed by atoms with Crippen LogP contribution in [-0.2, 0) is 0 Å². The molecular formula is C12H18N4O2. The van der Waals surface area contributed by atoms with E-state index in [-0.39, 0.29) is 0 Å². The monoisotopic (exact) mass is 250 g/mol. The highest BCUT2D eigenvalue weighted by Gasteiger charge is 2.24. The van der Waals surface area contributed by atoms with Crippen molar-refractivity contribution in [2.75, 3.05) is 0 Å². The lowest BCUT2D eigenvalue weighted by atomic mass is 10.3. The molecule has 0 fully saturated rings. The summed E-state index contributed by atoms with van der Waals surface area (Å²) >= 11 is 0. The lowest BCUT2D eigenvalue weighted by molar-refractivity contribution is -0.0856. The minimum absolute atomic E-state index is 0.792. The van der Waals surface area contributed by atoms with Crippen molar-refractivity contribution in [2.24, 2.45) is 0 Å². The molecule has 6 nitrogen and oxygen atoms in total. The Kier molecular flexibility index (Phi) is 3.23. The molecule has 0 aliphatic carbocycles. The van der Waals surface area contributed by atoms with E-state index in [9.17, 15) is 10.2 Å². The van der Waals surface area contributed by atoms with E-state index >= 15 is 0 Å². The standard InChI is InChI=1S/C12H18N4O2/c1-7-5-9(3)15(13-7)11(17)12(18)16-10(4)6-8(2)14-16/h5-6,11-12,17-18H,1-4H3/t11-,12+. The van der Waals surface area contributed by atoms with Gasteiger partial charge in [0, 0.05) is 11.4 Å². The van der Waals surface area contributed by atoms with Crippen LogP contribution in [0.5, 0.6) is 0 Å². The first-order chi connectivity index (χ1) is 8.40. The van der Waals surface area contributed by atoms with E-state index in [0.29, 0.717) is 0 Å². The lowest BCUT2D eigenvalue weighted by Gasteiger charge is -2.20. The topological polar surface area (TPSA) is 76.1 Å². The highest BCUT2D eigenvalue weighted by Crippen LogP contribution is 2.21. The van der Waals surface area contributed by atoms with Crippen molar-refractivity contribution in [2.45, 2.75) is 40.2 Å². The van der Waals surface area contributed by atoms with Crippen LogP contribution in [0.4, 0.5) is 0 Å². The van der Waals surface area contributed by atoms with E-state index < -0.39 is 12.5 Å². The second-order valence-corrected chi connectivity index (χ2v) is 4.57. The zero-order valence-electron chi connectivity index (χ0n) is 11.0. The predicted octanol–water partition coefficient (Wildman–Crippen LogP) is 0.995. The number of hydrogen-bond donors (Lipinski definition) is 2. The van der Waals surface area contributed by atoms with Crippen molar-refractivity contribution in [3.8, 4) is 0 Å². The SMILES string of the molecule is Cc1cc(C)n([C@H](O)[C@H](O)n2nc(C)cc2C)n1. The Morgan fingerprint density at radius 3 is 1.39 bits per heavy atom. The Morgan fingerprint density at radius 1 is 0.833 bits per heavy atom. The molecule has 0 aliphatic rings. The van der Waals surface area contributed by atoms with Crippen LogP contribution < -0.4 is 0 Å². The Balaban J connectivity index is 2.31. The second kappa shape index (κ2) is 4.55. The number of aryl methyl sites for hydroxylation is 4. The van der Waals surface area contributed by atoms with Gasteiger partial charge in [0.2, 0.25) is 0 Å². The maximum absolute atomic E-state index is 10.2. The van der Waals surface area contributed by atoms with Crippen LogP contribution in [0, 0.1) is 27.7 Å². The van der Waals surface area contributed by atoms with Gasteiger partial charge >= 0.3 is 0 Å². The molecule has 18 heavy (non-hydrogen) atoms. The van der Waals surface area contributed by atoms with Gasteiger partial charge in [0.1, 0.15) is 0 Å². The Bertz CT molecular complexity index is 508. The third-order valence-electron chi connectivity index (χ3n) is 2.86. The summed E-state index contributed by atoms with van der Waals surface area (Å²) in [5.74, 6) is 0. The molecule has 0 amide bonds. The lowest BCUT2D eigenvalue weighted by Crippen LogP contribution is -2.25. The van der Waals surface area contributed by atoms with Gasteiger partial charge in [0.25, 0.3) is 0 Å². The molecule has 2 N–H and O–H groups in total. The largest absolute Gasteiger partial charge is 0.368 e. The molecule has 98 valence electrons. The van der Waals surface area contributed by atoms with Gasteiger partial charge in [-0.15, -0.1) is 0 Å². The molecule has 6 heteroatoms. The van der Waals surface area contributed by atoms with Crippen molar-refractivity contribution in [1.29, 1.82) is 0 Å². The Morgan fingerprint density at radius 2 is 1.17 bits per heavy atom. The van der Waals surface area contributed by atoms with E-state index in [0.717, 1.165) is 22.8 Å². The zero-order chi connectivity index (χ0) is 13.4. The molecule has 0 saturated carbocycles. The summed E-state index contributed by atoms with van der Waals surface area (Å²) in [6.07, 6.45) is -2.31. The summed E-state index contributed by atoms with van der Waals surface area (Å²) in [5, 5.41) is 28.6. The van der Waals surface area contributed by atoms with Gasteiger partial charge < -0.3 is 10.2 Å². The van der Waals surface area contributed by atoms with Crippen LogP contribution in [0.15, 0.2) is 12.1 Å². The second-order valence-electron chi connectivity index (χ2n) is 4.57. The Labute approximate surface area is 105 Å². The highest BCUT2D eigenvalue weighted by atomic mass is 16.4. The molecule has 0 saturated heterocycles. The molecule has 2 rings (SSSR count). The molecule has 2 aromatic rings. The first kappa shape index (κ1) is 12.8. The average Bonchev–Trinajstić information content (AvgIpc) is 2.79. The fourth-order valence-electron chi connectivity index (χ4n) is 2.08. The smallest absolute Gasteiger partial charge is 0.194 e.